The second-order valence-electron chi connectivity index (χ2n) is 2.79. The summed E-state index contributed by atoms with van der Waals surface area (Å²) in [5, 5.41) is 14.1. The molecule has 0 unspecified atom stereocenters. The smallest absolute Gasteiger partial charge is 0.0394 e. The van der Waals surface area contributed by atoms with Gasteiger partial charge in [0.1, 0.15) is 0 Å². The molecule has 0 aliphatic heterocycles. The normalized spacial score (nSPS) is 9.00. The predicted molar refractivity (Wildman–Crippen MR) is 56.2 cm³/mol. The first-order valence-corrected chi connectivity index (χ1v) is 4.02. The van der Waals surface area contributed by atoms with Gasteiger partial charge in [0.05, 0.1) is 0 Å². The molecule has 0 heterocycles. The lowest BCUT2D eigenvalue weighted by Gasteiger charge is -2.03. The summed E-state index contributed by atoms with van der Waals surface area (Å²) in [6, 6.07) is 11.5. The highest BCUT2D eigenvalue weighted by atomic mass is 14.6. The first-order valence-electron chi connectivity index (χ1n) is 4.02. The quantitative estimate of drug-likeness (QED) is 0.485. The molecule has 0 aliphatic rings. The molecule has 0 amide bonds. The molecule has 0 saturated carbocycles. The van der Waals surface area contributed by atoms with E-state index < -0.39 is 0 Å². The van der Waals surface area contributed by atoms with Gasteiger partial charge in [-0.3, -0.25) is 0 Å². The number of hydrogen-bond acceptors (Lipinski definition) is 4. The van der Waals surface area contributed by atoms with Crippen molar-refractivity contribution in [3.8, 4) is 0 Å². The minimum atomic E-state index is 0.778. The first-order chi connectivity index (χ1) is 6.79. The third-order valence-electron chi connectivity index (χ3n) is 1.99. The SMILES string of the molecule is N#N.Nc1cccc2c(N)cccc12. The van der Waals surface area contributed by atoms with Crippen molar-refractivity contribution in [3.05, 3.63) is 36.4 Å². The second kappa shape index (κ2) is 4.10. The highest BCUT2D eigenvalue weighted by Gasteiger charge is 1.98. The van der Waals surface area contributed by atoms with E-state index in [1.807, 2.05) is 36.4 Å². The summed E-state index contributed by atoms with van der Waals surface area (Å²) in [7, 11) is 0. The zero-order valence-electron chi connectivity index (χ0n) is 7.51. The van der Waals surface area contributed by atoms with Gasteiger partial charge in [-0.15, -0.1) is 0 Å². The molecule has 2 rings (SSSR count). The zero-order chi connectivity index (χ0) is 10.6. The van der Waals surface area contributed by atoms with Crippen LogP contribution < -0.4 is 11.5 Å². The molecule has 0 spiro atoms. The van der Waals surface area contributed by atoms with Crippen molar-refractivity contribution in [1.29, 1.82) is 10.8 Å². The van der Waals surface area contributed by atoms with Gasteiger partial charge in [-0.1, -0.05) is 24.3 Å². The van der Waals surface area contributed by atoms with Crippen LogP contribution in [-0.4, -0.2) is 0 Å². The standard InChI is InChI=1S/C10H10N2.N2/c11-9-5-1-3-7-8(9)4-2-6-10(7)12;1-2/h1-6H,11-12H2;. The van der Waals surface area contributed by atoms with Crippen LogP contribution in [0.4, 0.5) is 11.4 Å². The molecule has 4 nitrogen and oxygen atoms in total. The molecule has 4 heteroatoms. The maximum atomic E-state index is 6.00. The Bertz CT molecular complexity index is 421. The monoisotopic (exact) mass is 186 g/mol. The molecule has 0 saturated heterocycles. The first kappa shape index (κ1) is 9.81. The van der Waals surface area contributed by atoms with Gasteiger partial charge in [0.2, 0.25) is 0 Å². The Morgan fingerprint density at radius 3 is 1.43 bits per heavy atom. The Hall–Kier alpha value is -2.28. The Morgan fingerprint density at radius 2 is 1.07 bits per heavy atom. The lowest BCUT2D eigenvalue weighted by molar-refractivity contribution is 1.15. The molecular formula is C10H10N4. The summed E-state index contributed by atoms with van der Waals surface area (Å²) < 4.78 is 0. The molecule has 2 aromatic carbocycles. The summed E-state index contributed by atoms with van der Waals surface area (Å²) in [5.74, 6) is 0. The summed E-state index contributed by atoms with van der Waals surface area (Å²) in [5.41, 5.74) is 13.1. The summed E-state index contributed by atoms with van der Waals surface area (Å²) in [6.07, 6.45) is 0. The molecule has 0 fully saturated rings. The summed E-state index contributed by atoms with van der Waals surface area (Å²) in [4.78, 5) is 0. The maximum Gasteiger partial charge on any atom is 0.0394 e. The maximum absolute atomic E-state index is 6.00. The minimum absolute atomic E-state index is 0.778. The third kappa shape index (κ3) is 1.57. The number of rotatable bonds is 0. The molecule has 70 valence electrons. The van der Waals surface area contributed by atoms with Crippen molar-refractivity contribution in [1.82, 2.24) is 0 Å². The topological polar surface area (TPSA) is 99.6 Å². The lowest BCUT2D eigenvalue weighted by atomic mass is 10.1. The third-order valence-corrected chi connectivity index (χ3v) is 1.99. The van der Waals surface area contributed by atoms with Gasteiger partial charge < -0.3 is 11.5 Å². The molecule has 2 aromatic rings. The fourth-order valence-electron chi connectivity index (χ4n) is 1.36. The number of nitrogens with two attached hydrogens (primary N) is 2. The van der Waals surface area contributed by atoms with Gasteiger partial charge in [-0.25, -0.2) is 0 Å². The van der Waals surface area contributed by atoms with E-state index in [1.54, 1.807) is 0 Å². The fourth-order valence-corrected chi connectivity index (χ4v) is 1.36. The molecule has 0 bridgehead atoms. The summed E-state index contributed by atoms with van der Waals surface area (Å²) >= 11 is 0. The molecule has 4 N–H and O–H groups in total. The Kier molecular flexibility index (Phi) is 2.87. The molecular weight excluding hydrogens is 176 g/mol. The van der Waals surface area contributed by atoms with Crippen LogP contribution in [-0.2, 0) is 0 Å². The molecule has 0 atom stereocenters. The minimum Gasteiger partial charge on any atom is -0.398 e. The van der Waals surface area contributed by atoms with Gasteiger partial charge in [0, 0.05) is 32.9 Å². The Morgan fingerprint density at radius 1 is 0.714 bits per heavy atom. The van der Waals surface area contributed by atoms with Crippen LogP contribution >= 0.6 is 0 Å². The number of hydrogen-bond donors (Lipinski definition) is 2. The summed E-state index contributed by atoms with van der Waals surface area (Å²) in [6.45, 7) is 0. The van der Waals surface area contributed by atoms with Gasteiger partial charge in [0.25, 0.3) is 0 Å². The zero-order valence-corrected chi connectivity index (χ0v) is 7.51. The Labute approximate surface area is 81.5 Å². The average molecular weight is 186 g/mol. The van der Waals surface area contributed by atoms with Crippen molar-refractivity contribution < 1.29 is 0 Å². The van der Waals surface area contributed by atoms with Crippen LogP contribution in [0.5, 0.6) is 0 Å². The van der Waals surface area contributed by atoms with Gasteiger partial charge in [0.15, 0.2) is 0 Å². The van der Waals surface area contributed by atoms with Crippen molar-refractivity contribution in [2.24, 2.45) is 0 Å². The number of anilines is 2. The molecule has 0 radical (unpaired) electrons. The highest BCUT2D eigenvalue weighted by molar-refractivity contribution is 5.99. The van der Waals surface area contributed by atoms with Crippen LogP contribution in [0.1, 0.15) is 0 Å². The fraction of sp³-hybridized carbons (Fsp3) is 0. The van der Waals surface area contributed by atoms with E-state index in [-0.39, 0.29) is 0 Å². The van der Waals surface area contributed by atoms with Gasteiger partial charge >= 0.3 is 0 Å². The van der Waals surface area contributed by atoms with E-state index in [2.05, 4.69) is 0 Å². The number of benzene rings is 2. The van der Waals surface area contributed by atoms with Crippen LogP contribution in [0, 0.1) is 10.8 Å². The van der Waals surface area contributed by atoms with Crippen LogP contribution in [0.25, 0.3) is 10.8 Å². The van der Waals surface area contributed by atoms with E-state index in [1.165, 1.54) is 0 Å². The predicted octanol–water partition coefficient (Wildman–Crippen LogP) is 2.03. The highest BCUT2D eigenvalue weighted by Crippen LogP contribution is 2.24. The van der Waals surface area contributed by atoms with Crippen LogP contribution in [0.2, 0.25) is 0 Å². The number of fused-ring (bicyclic) bond motifs is 1. The van der Waals surface area contributed by atoms with E-state index >= 15 is 0 Å². The van der Waals surface area contributed by atoms with Crippen molar-refractivity contribution >= 4 is 22.1 Å². The average Bonchev–Trinajstić information content (AvgIpc) is 2.23. The van der Waals surface area contributed by atoms with Crippen molar-refractivity contribution in [2.75, 3.05) is 11.5 Å². The van der Waals surface area contributed by atoms with E-state index in [0.29, 0.717) is 0 Å². The largest absolute Gasteiger partial charge is 0.398 e. The van der Waals surface area contributed by atoms with Crippen LogP contribution in [0.15, 0.2) is 36.4 Å². The van der Waals surface area contributed by atoms with Gasteiger partial charge in [-0.2, -0.15) is 0 Å². The number of nitrogens with zero attached hydrogens (tertiary/aromatic N) is 2. The van der Waals surface area contributed by atoms with E-state index in [0.717, 1.165) is 22.1 Å². The number of nitrogen functional groups attached to an aromatic ring is 2. The van der Waals surface area contributed by atoms with E-state index in [9.17, 15) is 0 Å². The van der Waals surface area contributed by atoms with Gasteiger partial charge in [-0.05, 0) is 12.1 Å². The molecule has 0 aliphatic carbocycles. The van der Waals surface area contributed by atoms with Crippen molar-refractivity contribution in [2.45, 2.75) is 0 Å². The second-order valence-corrected chi connectivity index (χ2v) is 2.79. The lowest BCUT2D eigenvalue weighted by Crippen LogP contribution is -1.90. The molecule has 0 aromatic heterocycles. The van der Waals surface area contributed by atoms with E-state index in [4.69, 9.17) is 22.3 Å². The Balaban J connectivity index is 0.000000461. The van der Waals surface area contributed by atoms with Crippen LogP contribution in [0.3, 0.4) is 0 Å². The molecule has 14 heavy (non-hydrogen) atoms. The van der Waals surface area contributed by atoms with Crippen molar-refractivity contribution in [3.63, 3.8) is 0 Å².